The van der Waals surface area contributed by atoms with Gasteiger partial charge in [-0.25, -0.2) is 0 Å². The first kappa shape index (κ1) is 17.6. The average molecular weight is 427 g/mol. The van der Waals surface area contributed by atoms with Gasteiger partial charge in [0.05, 0.1) is 0 Å². The Morgan fingerprint density at radius 3 is 2.63 bits per heavy atom. The monoisotopic (exact) mass is 428 g/mol. The fourth-order valence-corrected chi connectivity index (χ4v) is 4.68. The van der Waals surface area contributed by atoms with E-state index in [1.54, 1.807) is 12.1 Å². The van der Waals surface area contributed by atoms with Gasteiger partial charge in [0, 0.05) is 0 Å². The first-order chi connectivity index (χ1) is 13.0. The van der Waals surface area contributed by atoms with Crippen LogP contribution in [0.5, 0.6) is 5.75 Å². The van der Waals surface area contributed by atoms with Crippen molar-refractivity contribution in [3.8, 4) is 17.1 Å². The van der Waals surface area contributed by atoms with Gasteiger partial charge >= 0.3 is 162 Å². The molecule has 136 valence electrons. The maximum absolute atomic E-state index is 12.6. The van der Waals surface area contributed by atoms with Gasteiger partial charge in [-0.1, -0.05) is 0 Å². The third kappa shape index (κ3) is 3.54. The number of benzene rings is 2. The molecule has 0 N–H and O–H groups in total. The Kier molecular flexibility index (Phi) is 4.60. The van der Waals surface area contributed by atoms with Crippen LogP contribution in [0.15, 0.2) is 63.8 Å². The molecule has 6 heteroatoms. The second-order valence-corrected chi connectivity index (χ2v) is 8.50. The molecule has 0 fully saturated rings. The van der Waals surface area contributed by atoms with E-state index in [0.717, 1.165) is 10.0 Å². The van der Waals surface area contributed by atoms with Gasteiger partial charge < -0.3 is 0 Å². The van der Waals surface area contributed by atoms with E-state index in [-0.39, 0.29) is 20.6 Å². The van der Waals surface area contributed by atoms with E-state index in [1.165, 1.54) is 6.92 Å². The zero-order chi connectivity index (χ0) is 19.0. The van der Waals surface area contributed by atoms with E-state index in [2.05, 4.69) is 0 Å². The molecule has 2 aromatic carbocycles. The molecule has 0 spiro atoms. The molecule has 1 atom stereocenters. The van der Waals surface area contributed by atoms with Crippen molar-refractivity contribution in [2.45, 2.75) is 20.1 Å². The van der Waals surface area contributed by atoms with Crippen LogP contribution in [0.1, 0.15) is 24.3 Å². The van der Waals surface area contributed by atoms with Crippen LogP contribution in [0.2, 0.25) is 0 Å². The molecule has 0 bridgehead atoms. The summed E-state index contributed by atoms with van der Waals surface area (Å²) in [4.78, 5) is 24.2. The number of fused-ring (bicyclic) bond motifs is 3. The number of carbonyl (C=O) groups is 1. The summed E-state index contributed by atoms with van der Waals surface area (Å²) < 4.78 is 18.5. The zero-order valence-corrected chi connectivity index (χ0v) is 16.4. The van der Waals surface area contributed by atoms with Gasteiger partial charge in [-0.3, -0.25) is 0 Å². The molecule has 1 aliphatic heterocycles. The topological polar surface area (TPSA) is 65.7 Å². The van der Waals surface area contributed by atoms with Crippen molar-refractivity contribution in [1.82, 2.24) is 0 Å². The molecule has 4 rings (SSSR count). The van der Waals surface area contributed by atoms with Crippen LogP contribution >= 0.6 is 0 Å². The maximum atomic E-state index is 12.6. The summed E-state index contributed by atoms with van der Waals surface area (Å²) in [6.45, 7) is 3.27. The number of esters is 1. The fourth-order valence-electron chi connectivity index (χ4n) is 2.88. The minimum absolute atomic E-state index is 0.232. The third-order valence-corrected chi connectivity index (χ3v) is 6.18. The van der Waals surface area contributed by atoms with Crippen molar-refractivity contribution >= 4 is 29.8 Å². The molecular formula is C21H16O5Se. The number of hydrogen-bond donors (Lipinski definition) is 0. The third-order valence-electron chi connectivity index (χ3n) is 4.06. The van der Waals surface area contributed by atoms with E-state index in [9.17, 15) is 9.59 Å². The summed E-state index contributed by atoms with van der Waals surface area (Å²) >= 11 is -0.232. The van der Waals surface area contributed by atoms with Crippen LogP contribution in [-0.4, -0.2) is 20.9 Å². The van der Waals surface area contributed by atoms with Gasteiger partial charge in [0.25, 0.3) is 0 Å². The van der Waals surface area contributed by atoms with E-state index >= 15 is 0 Å². The predicted molar refractivity (Wildman–Crippen MR) is 102 cm³/mol. The first-order valence-electron chi connectivity index (χ1n) is 8.37. The Hall–Kier alpha value is -2.82. The number of hydrogen-bond acceptors (Lipinski definition) is 5. The molecule has 0 aliphatic carbocycles. The van der Waals surface area contributed by atoms with Crippen molar-refractivity contribution in [3.05, 3.63) is 76.1 Å². The molecule has 5 nitrogen and oxygen atoms in total. The van der Waals surface area contributed by atoms with Gasteiger partial charge in [-0.2, -0.15) is 0 Å². The van der Waals surface area contributed by atoms with Crippen molar-refractivity contribution < 1.29 is 18.7 Å². The normalized spacial score (nSPS) is 14.7. The van der Waals surface area contributed by atoms with Crippen LogP contribution in [0.25, 0.3) is 11.3 Å². The van der Waals surface area contributed by atoms with Crippen molar-refractivity contribution in [2.75, 3.05) is 0 Å². The molecule has 27 heavy (non-hydrogen) atoms. The molecule has 0 saturated heterocycles. The van der Waals surface area contributed by atoms with Crippen LogP contribution in [0, 0.1) is 6.92 Å². The minimum atomic E-state index is -0.942. The van der Waals surface area contributed by atoms with E-state index in [1.807, 2.05) is 49.4 Å². The second kappa shape index (κ2) is 7.06. The first-order valence-corrected chi connectivity index (χ1v) is 10.1. The summed E-state index contributed by atoms with van der Waals surface area (Å²) in [6.07, 6.45) is -0.942. The molecule has 3 aromatic rings. The predicted octanol–water partition coefficient (Wildman–Crippen LogP) is 2.22. The Morgan fingerprint density at radius 1 is 1.11 bits per heavy atom. The Bertz CT molecular complexity index is 1070. The zero-order valence-electron chi connectivity index (χ0n) is 14.7. The Labute approximate surface area is 162 Å². The van der Waals surface area contributed by atoms with Gasteiger partial charge in [0.1, 0.15) is 0 Å². The van der Waals surface area contributed by atoms with Crippen LogP contribution in [-0.2, 0) is 9.53 Å². The summed E-state index contributed by atoms with van der Waals surface area (Å²) in [6, 6.07) is 17.0. The number of carbonyl (C=O) groups excluding carboxylic acids is 1. The summed E-state index contributed by atoms with van der Waals surface area (Å²) in [5, 5.41) is 0. The summed E-state index contributed by atoms with van der Waals surface area (Å²) in [5.41, 5.74) is 1.86. The molecule has 2 heterocycles. The quantitative estimate of drug-likeness (QED) is 0.474. The van der Waals surface area contributed by atoms with Crippen molar-refractivity contribution in [2.24, 2.45) is 0 Å². The van der Waals surface area contributed by atoms with Crippen LogP contribution in [0.3, 0.4) is 0 Å². The van der Waals surface area contributed by atoms with Crippen LogP contribution < -0.4 is 19.3 Å². The standard InChI is InChI=1S/C21H16O5Se/c1-12-8-9-17-15(10-12)19-16(21(25-17)24-13(2)22)11-18(20(23)26-19)27-14-6-4-3-5-7-14/h3-11,21H,1-2H3. The summed E-state index contributed by atoms with van der Waals surface area (Å²) in [7, 11) is 0. The molecular weight excluding hydrogens is 411 g/mol. The number of ether oxygens (including phenoxy) is 2. The van der Waals surface area contributed by atoms with Gasteiger partial charge in [0.15, 0.2) is 0 Å². The van der Waals surface area contributed by atoms with Gasteiger partial charge in [-0.05, 0) is 0 Å². The molecule has 0 saturated carbocycles. The van der Waals surface area contributed by atoms with Gasteiger partial charge in [-0.15, -0.1) is 0 Å². The molecule has 1 aliphatic rings. The molecule has 1 unspecified atom stereocenters. The molecule has 0 amide bonds. The van der Waals surface area contributed by atoms with Crippen molar-refractivity contribution in [1.29, 1.82) is 0 Å². The van der Waals surface area contributed by atoms with Crippen LogP contribution in [0.4, 0.5) is 0 Å². The molecule has 1 aromatic heterocycles. The average Bonchev–Trinajstić information content (AvgIpc) is 2.64. The SMILES string of the molecule is CC(=O)OC1Oc2ccc(C)cc2-c2oc(=O)c([Se]c3ccccc3)cc21. The molecule has 0 radical (unpaired) electrons. The number of aryl methyl sites for hydroxylation is 1. The van der Waals surface area contributed by atoms with E-state index in [4.69, 9.17) is 13.9 Å². The van der Waals surface area contributed by atoms with Crippen molar-refractivity contribution in [3.63, 3.8) is 0 Å². The van der Waals surface area contributed by atoms with E-state index < -0.39 is 12.3 Å². The van der Waals surface area contributed by atoms with Gasteiger partial charge in [0.2, 0.25) is 0 Å². The Morgan fingerprint density at radius 2 is 1.89 bits per heavy atom. The fraction of sp³-hybridized carbons (Fsp3) is 0.143. The van der Waals surface area contributed by atoms with E-state index in [0.29, 0.717) is 27.1 Å². The second-order valence-electron chi connectivity index (χ2n) is 6.16. The number of rotatable bonds is 3. The Balaban J connectivity index is 1.84. The summed E-state index contributed by atoms with van der Waals surface area (Å²) in [5.74, 6) is 0.440.